The van der Waals surface area contributed by atoms with Crippen molar-refractivity contribution in [3.8, 4) is 0 Å². The molecule has 3 nitrogen and oxygen atoms in total. The van der Waals surface area contributed by atoms with Crippen LogP contribution in [0.4, 0.5) is 0 Å². The first kappa shape index (κ1) is 14.9. The second-order valence-corrected chi connectivity index (χ2v) is 6.40. The quantitative estimate of drug-likeness (QED) is 0.773. The molecule has 0 amide bonds. The van der Waals surface area contributed by atoms with Crippen LogP contribution in [0.15, 0.2) is 12.3 Å². The van der Waals surface area contributed by atoms with E-state index < -0.39 is 0 Å². The molecular formula is C15H26ClN3. The van der Waals surface area contributed by atoms with Gasteiger partial charge in [-0.1, -0.05) is 26.7 Å². The maximum atomic E-state index is 6.00. The van der Waals surface area contributed by atoms with Crippen LogP contribution in [0.1, 0.15) is 57.7 Å². The Balaban J connectivity index is 1.82. The van der Waals surface area contributed by atoms with Crippen LogP contribution in [0, 0.1) is 5.92 Å². The summed E-state index contributed by atoms with van der Waals surface area (Å²) in [5, 5.41) is 8.20. The van der Waals surface area contributed by atoms with Crippen LogP contribution in [0.2, 0.25) is 0 Å². The molecule has 0 saturated heterocycles. The van der Waals surface area contributed by atoms with Gasteiger partial charge in [-0.2, -0.15) is 5.10 Å². The second-order valence-electron chi connectivity index (χ2n) is 6.09. The van der Waals surface area contributed by atoms with Crippen molar-refractivity contribution in [3.05, 3.63) is 18.0 Å². The summed E-state index contributed by atoms with van der Waals surface area (Å²) in [6, 6.07) is 3.15. The lowest BCUT2D eigenvalue weighted by Crippen LogP contribution is -2.31. The number of nitrogens with one attached hydrogen (secondary N) is 1. The van der Waals surface area contributed by atoms with E-state index >= 15 is 0 Å². The topological polar surface area (TPSA) is 29.9 Å². The summed E-state index contributed by atoms with van der Waals surface area (Å²) >= 11 is 6.00. The van der Waals surface area contributed by atoms with Gasteiger partial charge in [0, 0.05) is 24.7 Å². The molecule has 1 saturated carbocycles. The van der Waals surface area contributed by atoms with Gasteiger partial charge in [0.25, 0.3) is 0 Å². The smallest absolute Gasteiger partial charge is 0.0762 e. The number of rotatable bonds is 7. The van der Waals surface area contributed by atoms with Crippen LogP contribution in [0.25, 0.3) is 0 Å². The van der Waals surface area contributed by atoms with Crippen molar-refractivity contribution < 1.29 is 0 Å². The minimum Gasteiger partial charge on any atom is -0.307 e. The number of alkyl halides is 1. The zero-order valence-corrected chi connectivity index (χ0v) is 12.9. The van der Waals surface area contributed by atoms with Crippen molar-refractivity contribution in [2.45, 2.75) is 64.6 Å². The molecule has 1 unspecified atom stereocenters. The van der Waals surface area contributed by atoms with Crippen LogP contribution >= 0.6 is 11.6 Å². The Morgan fingerprint density at radius 1 is 1.42 bits per heavy atom. The standard InChI is InChI=1S/C15H26ClN3/c1-12(2)9-14(10-16)17-11-13-7-8-19(18-13)15-5-3-4-6-15/h7-8,12,14-15,17H,3-6,9-11H2,1-2H3. The van der Waals surface area contributed by atoms with Gasteiger partial charge >= 0.3 is 0 Å². The molecule has 0 bridgehead atoms. The highest BCUT2D eigenvalue weighted by atomic mass is 35.5. The van der Waals surface area contributed by atoms with Gasteiger partial charge in [-0.3, -0.25) is 4.68 Å². The Hall–Kier alpha value is -0.540. The summed E-state index contributed by atoms with van der Waals surface area (Å²) in [5.74, 6) is 1.34. The fourth-order valence-electron chi connectivity index (χ4n) is 2.86. The lowest BCUT2D eigenvalue weighted by Gasteiger charge is -2.17. The Morgan fingerprint density at radius 3 is 2.79 bits per heavy atom. The Bertz CT molecular complexity index is 369. The summed E-state index contributed by atoms with van der Waals surface area (Å²) < 4.78 is 2.15. The van der Waals surface area contributed by atoms with Gasteiger partial charge in [0.05, 0.1) is 11.7 Å². The van der Waals surface area contributed by atoms with Gasteiger partial charge in [0.1, 0.15) is 0 Å². The maximum absolute atomic E-state index is 6.00. The molecule has 1 N–H and O–H groups in total. The molecule has 108 valence electrons. The van der Waals surface area contributed by atoms with Gasteiger partial charge in [-0.15, -0.1) is 11.6 Å². The lowest BCUT2D eigenvalue weighted by atomic mass is 10.1. The first-order valence-corrected chi connectivity index (χ1v) is 8.06. The van der Waals surface area contributed by atoms with E-state index in [0.29, 0.717) is 23.9 Å². The summed E-state index contributed by atoms with van der Waals surface area (Å²) in [6.45, 7) is 5.29. The van der Waals surface area contributed by atoms with Crippen molar-refractivity contribution in [3.63, 3.8) is 0 Å². The number of hydrogen-bond donors (Lipinski definition) is 1. The van der Waals surface area contributed by atoms with E-state index in [2.05, 4.69) is 41.2 Å². The predicted octanol–water partition coefficient (Wildman–Crippen LogP) is 3.74. The molecule has 1 fully saturated rings. The van der Waals surface area contributed by atoms with E-state index in [0.717, 1.165) is 18.7 Å². The molecular weight excluding hydrogens is 258 g/mol. The van der Waals surface area contributed by atoms with Crippen molar-refractivity contribution in [2.75, 3.05) is 5.88 Å². The highest BCUT2D eigenvalue weighted by molar-refractivity contribution is 6.18. The van der Waals surface area contributed by atoms with Crippen LogP contribution in [0.5, 0.6) is 0 Å². The minimum absolute atomic E-state index is 0.387. The molecule has 1 atom stereocenters. The Morgan fingerprint density at radius 2 is 2.16 bits per heavy atom. The summed E-state index contributed by atoms with van der Waals surface area (Å²) in [5.41, 5.74) is 1.13. The van der Waals surface area contributed by atoms with E-state index in [1.54, 1.807) is 0 Å². The maximum Gasteiger partial charge on any atom is 0.0762 e. The lowest BCUT2D eigenvalue weighted by molar-refractivity contribution is 0.433. The zero-order valence-electron chi connectivity index (χ0n) is 12.1. The Labute approximate surface area is 121 Å². The van der Waals surface area contributed by atoms with Crippen molar-refractivity contribution >= 4 is 11.6 Å². The molecule has 0 spiro atoms. The number of hydrogen-bond acceptors (Lipinski definition) is 2. The predicted molar refractivity (Wildman–Crippen MR) is 80.5 cm³/mol. The second kappa shape index (κ2) is 7.30. The van der Waals surface area contributed by atoms with Gasteiger partial charge in [-0.05, 0) is 31.2 Å². The van der Waals surface area contributed by atoms with Gasteiger partial charge in [-0.25, -0.2) is 0 Å². The van der Waals surface area contributed by atoms with E-state index in [9.17, 15) is 0 Å². The fourth-order valence-corrected chi connectivity index (χ4v) is 3.10. The zero-order chi connectivity index (χ0) is 13.7. The molecule has 4 heteroatoms. The molecule has 19 heavy (non-hydrogen) atoms. The van der Waals surface area contributed by atoms with Gasteiger partial charge < -0.3 is 5.32 Å². The van der Waals surface area contributed by atoms with Gasteiger partial charge in [0.15, 0.2) is 0 Å². The van der Waals surface area contributed by atoms with Crippen LogP contribution in [-0.4, -0.2) is 21.7 Å². The SMILES string of the molecule is CC(C)CC(CCl)NCc1ccn(C2CCCC2)n1. The molecule has 1 aliphatic rings. The average Bonchev–Trinajstić information content (AvgIpc) is 3.03. The molecule has 1 aromatic heterocycles. The normalized spacial score (nSPS) is 18.3. The average molecular weight is 284 g/mol. The third-order valence-electron chi connectivity index (χ3n) is 3.88. The summed E-state index contributed by atoms with van der Waals surface area (Å²) in [4.78, 5) is 0. The first-order chi connectivity index (χ1) is 9.19. The molecule has 0 aromatic carbocycles. The third kappa shape index (κ3) is 4.50. The fraction of sp³-hybridized carbons (Fsp3) is 0.800. The highest BCUT2D eigenvalue weighted by Crippen LogP contribution is 2.28. The molecule has 0 radical (unpaired) electrons. The molecule has 1 aromatic rings. The molecule has 0 aliphatic heterocycles. The first-order valence-electron chi connectivity index (χ1n) is 7.52. The van der Waals surface area contributed by atoms with E-state index in [4.69, 9.17) is 11.6 Å². The van der Waals surface area contributed by atoms with Crippen molar-refractivity contribution in [1.82, 2.24) is 15.1 Å². The summed E-state index contributed by atoms with van der Waals surface area (Å²) in [6.07, 6.45) is 8.51. The third-order valence-corrected chi connectivity index (χ3v) is 4.25. The molecule has 1 aliphatic carbocycles. The van der Waals surface area contributed by atoms with Crippen molar-refractivity contribution in [2.24, 2.45) is 5.92 Å². The molecule has 1 heterocycles. The largest absolute Gasteiger partial charge is 0.307 e. The number of aromatic nitrogens is 2. The number of nitrogens with zero attached hydrogens (tertiary/aromatic N) is 2. The Kier molecular flexibility index (Phi) is 5.71. The van der Waals surface area contributed by atoms with Crippen molar-refractivity contribution in [1.29, 1.82) is 0 Å². The van der Waals surface area contributed by atoms with E-state index in [-0.39, 0.29) is 0 Å². The van der Waals surface area contributed by atoms with E-state index in [1.807, 2.05) is 0 Å². The number of halogens is 1. The van der Waals surface area contributed by atoms with E-state index in [1.165, 1.54) is 25.7 Å². The van der Waals surface area contributed by atoms with Crippen LogP contribution in [-0.2, 0) is 6.54 Å². The monoisotopic (exact) mass is 283 g/mol. The van der Waals surface area contributed by atoms with Gasteiger partial charge in [0.2, 0.25) is 0 Å². The molecule has 2 rings (SSSR count). The van der Waals surface area contributed by atoms with Crippen LogP contribution in [0.3, 0.4) is 0 Å². The minimum atomic E-state index is 0.387. The summed E-state index contributed by atoms with van der Waals surface area (Å²) in [7, 11) is 0. The van der Waals surface area contributed by atoms with Crippen LogP contribution < -0.4 is 5.32 Å². The highest BCUT2D eigenvalue weighted by Gasteiger charge is 2.17.